The van der Waals surface area contributed by atoms with Crippen molar-refractivity contribution >= 4 is 0 Å². The van der Waals surface area contributed by atoms with Crippen LogP contribution in [0.2, 0.25) is 0 Å². The molecule has 20 heavy (non-hydrogen) atoms. The van der Waals surface area contributed by atoms with Gasteiger partial charge < -0.3 is 10.1 Å². The molecule has 0 aliphatic rings. The van der Waals surface area contributed by atoms with Gasteiger partial charge in [0, 0.05) is 29.9 Å². The first kappa shape index (κ1) is 14.6. The van der Waals surface area contributed by atoms with Crippen molar-refractivity contribution in [2.75, 3.05) is 6.54 Å². The van der Waals surface area contributed by atoms with Gasteiger partial charge in [0.25, 0.3) is 0 Å². The van der Waals surface area contributed by atoms with Crippen LogP contribution in [0, 0.1) is 0 Å². The number of nitrogens with zero attached hydrogens (tertiary/aromatic N) is 2. The second-order valence-corrected chi connectivity index (χ2v) is 4.81. The maximum atomic E-state index is 5.96. The van der Waals surface area contributed by atoms with Gasteiger partial charge in [-0.25, -0.2) is 0 Å². The molecule has 0 saturated carbocycles. The lowest BCUT2D eigenvalue weighted by atomic mass is 10.1. The lowest BCUT2D eigenvalue weighted by molar-refractivity contribution is 0.299. The Kier molecular flexibility index (Phi) is 5.18. The molecule has 1 aromatic heterocycles. The van der Waals surface area contributed by atoms with Crippen LogP contribution < -0.4 is 10.1 Å². The summed E-state index contributed by atoms with van der Waals surface area (Å²) in [6.07, 6.45) is 3.89. The first-order chi connectivity index (χ1) is 9.74. The van der Waals surface area contributed by atoms with Crippen molar-refractivity contribution in [2.45, 2.75) is 40.0 Å². The number of aromatic nitrogens is 2. The van der Waals surface area contributed by atoms with Crippen LogP contribution in [0.5, 0.6) is 5.75 Å². The highest BCUT2D eigenvalue weighted by molar-refractivity contribution is 5.35. The summed E-state index contributed by atoms with van der Waals surface area (Å²) in [5.41, 5.74) is 2.29. The molecule has 0 fully saturated rings. The molecule has 0 bridgehead atoms. The van der Waals surface area contributed by atoms with Gasteiger partial charge in [-0.3, -0.25) is 4.68 Å². The van der Waals surface area contributed by atoms with E-state index in [1.54, 1.807) is 0 Å². The van der Waals surface area contributed by atoms with Crippen LogP contribution in [0.3, 0.4) is 0 Å². The average molecular weight is 273 g/mol. The first-order valence-corrected chi connectivity index (χ1v) is 7.21. The van der Waals surface area contributed by atoms with Crippen molar-refractivity contribution in [3.63, 3.8) is 0 Å². The molecule has 1 aromatic carbocycles. The number of rotatable bonds is 7. The lowest BCUT2D eigenvalue weighted by Gasteiger charge is -2.17. The van der Waals surface area contributed by atoms with Crippen molar-refractivity contribution in [3.05, 3.63) is 47.8 Å². The molecular formula is C16H23N3O. The average Bonchev–Trinajstić information content (AvgIpc) is 2.93. The van der Waals surface area contributed by atoms with Gasteiger partial charge in [-0.1, -0.05) is 25.1 Å². The molecule has 2 rings (SSSR count). The van der Waals surface area contributed by atoms with Crippen LogP contribution >= 0.6 is 0 Å². The minimum Gasteiger partial charge on any atom is -0.488 e. The Morgan fingerprint density at radius 2 is 2.10 bits per heavy atom. The summed E-state index contributed by atoms with van der Waals surface area (Å²) in [5.74, 6) is 0.935. The molecule has 1 N–H and O–H groups in total. The van der Waals surface area contributed by atoms with Crippen molar-refractivity contribution in [2.24, 2.45) is 0 Å². The normalized spacial score (nSPS) is 12.3. The number of hydrogen-bond donors (Lipinski definition) is 1. The number of aryl methyl sites for hydroxylation is 1. The van der Waals surface area contributed by atoms with Gasteiger partial charge in [0.15, 0.2) is 0 Å². The van der Waals surface area contributed by atoms with Gasteiger partial charge in [-0.2, -0.15) is 5.10 Å². The Labute approximate surface area is 120 Å². The van der Waals surface area contributed by atoms with Crippen molar-refractivity contribution < 1.29 is 4.74 Å². The maximum absolute atomic E-state index is 5.96. The number of nitrogens with one attached hydrogen (secondary N) is 1. The highest BCUT2D eigenvalue weighted by atomic mass is 16.5. The standard InChI is InChI=1S/C16H23N3O/c1-4-17-13(3)15-8-6-7-9-16(15)20-12-14-10-18-19(5-2)11-14/h6-11,13,17H,4-5,12H2,1-3H3. The van der Waals surface area contributed by atoms with E-state index in [4.69, 9.17) is 4.74 Å². The van der Waals surface area contributed by atoms with Crippen LogP contribution in [0.25, 0.3) is 0 Å². The van der Waals surface area contributed by atoms with E-state index in [9.17, 15) is 0 Å². The Morgan fingerprint density at radius 3 is 2.80 bits per heavy atom. The second-order valence-electron chi connectivity index (χ2n) is 4.81. The zero-order valence-corrected chi connectivity index (χ0v) is 12.5. The number of benzene rings is 1. The van der Waals surface area contributed by atoms with Crippen LogP contribution in [-0.4, -0.2) is 16.3 Å². The van der Waals surface area contributed by atoms with Crippen LogP contribution in [0.4, 0.5) is 0 Å². The predicted molar refractivity (Wildman–Crippen MR) is 80.8 cm³/mol. The first-order valence-electron chi connectivity index (χ1n) is 7.21. The quantitative estimate of drug-likeness (QED) is 0.842. The van der Waals surface area contributed by atoms with Crippen molar-refractivity contribution in [1.29, 1.82) is 0 Å². The fourth-order valence-electron chi connectivity index (χ4n) is 2.20. The predicted octanol–water partition coefficient (Wildman–Crippen LogP) is 3.15. The molecule has 1 heterocycles. The third kappa shape index (κ3) is 3.61. The Balaban J connectivity index is 2.05. The van der Waals surface area contributed by atoms with E-state index in [0.717, 1.165) is 24.4 Å². The largest absolute Gasteiger partial charge is 0.488 e. The van der Waals surface area contributed by atoms with Gasteiger partial charge in [-0.15, -0.1) is 0 Å². The van der Waals surface area contributed by atoms with E-state index >= 15 is 0 Å². The minimum atomic E-state index is 0.287. The summed E-state index contributed by atoms with van der Waals surface area (Å²) in [5, 5.41) is 7.68. The molecule has 1 atom stereocenters. The second kappa shape index (κ2) is 7.10. The monoisotopic (exact) mass is 273 g/mol. The van der Waals surface area contributed by atoms with Crippen LogP contribution in [0.15, 0.2) is 36.7 Å². The summed E-state index contributed by atoms with van der Waals surface area (Å²) in [4.78, 5) is 0. The smallest absolute Gasteiger partial charge is 0.124 e. The van der Waals surface area contributed by atoms with Crippen LogP contribution in [-0.2, 0) is 13.2 Å². The molecule has 4 heteroatoms. The zero-order chi connectivity index (χ0) is 14.4. The molecule has 0 amide bonds. The number of ether oxygens (including phenoxy) is 1. The Morgan fingerprint density at radius 1 is 1.30 bits per heavy atom. The third-order valence-electron chi connectivity index (χ3n) is 3.30. The van der Waals surface area contributed by atoms with E-state index in [1.807, 2.05) is 35.3 Å². The van der Waals surface area contributed by atoms with E-state index in [2.05, 4.69) is 37.3 Å². The van der Waals surface area contributed by atoms with Crippen molar-refractivity contribution in [3.8, 4) is 5.75 Å². The fraction of sp³-hybridized carbons (Fsp3) is 0.438. The summed E-state index contributed by atoms with van der Waals surface area (Å²) in [7, 11) is 0. The van der Waals surface area contributed by atoms with E-state index in [0.29, 0.717) is 6.61 Å². The topological polar surface area (TPSA) is 39.1 Å². The molecule has 4 nitrogen and oxygen atoms in total. The fourth-order valence-corrected chi connectivity index (χ4v) is 2.20. The van der Waals surface area contributed by atoms with E-state index < -0.39 is 0 Å². The Bertz CT molecular complexity index is 536. The SMILES string of the molecule is CCNC(C)c1ccccc1OCc1cnn(CC)c1. The van der Waals surface area contributed by atoms with Crippen molar-refractivity contribution in [1.82, 2.24) is 15.1 Å². The van der Waals surface area contributed by atoms with Gasteiger partial charge in [0.2, 0.25) is 0 Å². The Hall–Kier alpha value is -1.81. The summed E-state index contributed by atoms with van der Waals surface area (Å²) >= 11 is 0. The van der Waals surface area contributed by atoms with Gasteiger partial charge in [-0.05, 0) is 26.5 Å². The minimum absolute atomic E-state index is 0.287. The highest BCUT2D eigenvalue weighted by Crippen LogP contribution is 2.25. The summed E-state index contributed by atoms with van der Waals surface area (Å²) in [6, 6.07) is 8.47. The molecule has 0 radical (unpaired) electrons. The summed E-state index contributed by atoms with van der Waals surface area (Å²) in [6.45, 7) is 8.72. The highest BCUT2D eigenvalue weighted by Gasteiger charge is 2.10. The zero-order valence-electron chi connectivity index (χ0n) is 12.5. The number of para-hydroxylation sites is 1. The molecule has 0 aliphatic heterocycles. The lowest BCUT2D eigenvalue weighted by Crippen LogP contribution is -2.18. The molecule has 0 spiro atoms. The molecule has 0 saturated heterocycles. The van der Waals surface area contributed by atoms with Gasteiger partial charge >= 0.3 is 0 Å². The van der Waals surface area contributed by atoms with Gasteiger partial charge in [0.05, 0.1) is 6.20 Å². The molecule has 2 aromatic rings. The molecule has 0 aliphatic carbocycles. The van der Waals surface area contributed by atoms with Crippen LogP contribution in [0.1, 0.15) is 37.9 Å². The molecular weight excluding hydrogens is 250 g/mol. The van der Waals surface area contributed by atoms with E-state index in [-0.39, 0.29) is 6.04 Å². The molecule has 108 valence electrons. The maximum Gasteiger partial charge on any atom is 0.124 e. The molecule has 1 unspecified atom stereocenters. The third-order valence-corrected chi connectivity index (χ3v) is 3.30. The van der Waals surface area contributed by atoms with E-state index in [1.165, 1.54) is 5.56 Å². The summed E-state index contributed by atoms with van der Waals surface area (Å²) < 4.78 is 7.86. The van der Waals surface area contributed by atoms with Gasteiger partial charge in [0.1, 0.15) is 12.4 Å². The number of hydrogen-bond acceptors (Lipinski definition) is 3.